The summed E-state index contributed by atoms with van der Waals surface area (Å²) in [6, 6.07) is 7.02. The number of hydrogen-bond acceptors (Lipinski definition) is 7. The minimum atomic E-state index is -0.336. The molecule has 2 fully saturated rings. The van der Waals surface area contributed by atoms with Crippen LogP contribution in [0.4, 0.5) is 5.82 Å². The standard InChI is InChI=1S/C23H30N4O3/c1-2-30-22(28)10-4-17-3-9-21-20(15-17)23(25-16-24-21)26-18-5-7-19(8-6-18)27-11-13-29-14-12-27/h3-4,9-10,15-16,18-19H,2,5-8,11-14H2,1H3,(H,24,25,26)/b10-4+/t18-,19-. The lowest BCUT2D eigenvalue weighted by molar-refractivity contribution is -0.137. The monoisotopic (exact) mass is 410 g/mol. The number of carbonyl (C=O) groups is 1. The van der Waals surface area contributed by atoms with Crippen molar-refractivity contribution in [2.75, 3.05) is 38.2 Å². The molecule has 0 amide bonds. The van der Waals surface area contributed by atoms with E-state index in [0.29, 0.717) is 18.7 Å². The Kier molecular flexibility index (Phi) is 6.92. The zero-order valence-electron chi connectivity index (χ0n) is 17.5. The first kappa shape index (κ1) is 20.8. The third-order valence-corrected chi connectivity index (χ3v) is 5.96. The second kappa shape index (κ2) is 10.00. The van der Waals surface area contributed by atoms with Crippen LogP contribution in [0.3, 0.4) is 0 Å². The molecule has 7 nitrogen and oxygen atoms in total. The minimum absolute atomic E-state index is 0.336. The maximum absolute atomic E-state index is 11.6. The molecule has 160 valence electrons. The van der Waals surface area contributed by atoms with Crippen LogP contribution in [0, 0.1) is 0 Å². The topological polar surface area (TPSA) is 76.6 Å². The molecule has 1 N–H and O–H groups in total. The van der Waals surface area contributed by atoms with Gasteiger partial charge < -0.3 is 14.8 Å². The lowest BCUT2D eigenvalue weighted by atomic mass is 9.90. The van der Waals surface area contributed by atoms with Gasteiger partial charge in [0.05, 0.1) is 25.3 Å². The van der Waals surface area contributed by atoms with Gasteiger partial charge in [-0.15, -0.1) is 0 Å². The second-order valence-corrected chi connectivity index (χ2v) is 7.88. The highest BCUT2D eigenvalue weighted by Crippen LogP contribution is 2.28. The van der Waals surface area contributed by atoms with E-state index in [-0.39, 0.29) is 5.97 Å². The van der Waals surface area contributed by atoms with Crippen LogP contribution < -0.4 is 5.32 Å². The van der Waals surface area contributed by atoms with Crippen molar-refractivity contribution in [1.82, 2.24) is 14.9 Å². The largest absolute Gasteiger partial charge is 0.463 e. The molecular formula is C23H30N4O3. The van der Waals surface area contributed by atoms with Crippen molar-refractivity contribution < 1.29 is 14.3 Å². The fourth-order valence-corrected chi connectivity index (χ4v) is 4.37. The van der Waals surface area contributed by atoms with E-state index < -0.39 is 0 Å². The Morgan fingerprint density at radius 3 is 2.80 bits per heavy atom. The van der Waals surface area contributed by atoms with Gasteiger partial charge in [0.2, 0.25) is 0 Å². The summed E-state index contributed by atoms with van der Waals surface area (Å²) in [5, 5.41) is 4.62. The van der Waals surface area contributed by atoms with Gasteiger partial charge >= 0.3 is 5.97 Å². The highest BCUT2D eigenvalue weighted by Gasteiger charge is 2.27. The Bertz CT molecular complexity index is 887. The Morgan fingerprint density at radius 2 is 2.03 bits per heavy atom. The number of aromatic nitrogens is 2. The summed E-state index contributed by atoms with van der Waals surface area (Å²) in [5.41, 5.74) is 1.81. The molecule has 1 aromatic heterocycles. The molecule has 0 radical (unpaired) electrons. The minimum Gasteiger partial charge on any atom is -0.463 e. The van der Waals surface area contributed by atoms with E-state index in [9.17, 15) is 4.79 Å². The van der Waals surface area contributed by atoms with Crippen molar-refractivity contribution in [2.24, 2.45) is 0 Å². The molecule has 1 aliphatic carbocycles. The third-order valence-electron chi connectivity index (χ3n) is 5.96. The second-order valence-electron chi connectivity index (χ2n) is 7.88. The molecule has 1 saturated carbocycles. The van der Waals surface area contributed by atoms with Crippen LogP contribution in [0.5, 0.6) is 0 Å². The molecule has 7 heteroatoms. The summed E-state index contributed by atoms with van der Waals surface area (Å²) in [6.45, 7) is 6.00. The molecule has 2 heterocycles. The van der Waals surface area contributed by atoms with Crippen molar-refractivity contribution in [3.8, 4) is 0 Å². The van der Waals surface area contributed by atoms with Crippen molar-refractivity contribution in [3.63, 3.8) is 0 Å². The summed E-state index contributed by atoms with van der Waals surface area (Å²) >= 11 is 0. The molecule has 1 aliphatic heterocycles. The van der Waals surface area contributed by atoms with E-state index >= 15 is 0 Å². The average molecular weight is 411 g/mol. The zero-order chi connectivity index (χ0) is 20.8. The number of morpholine rings is 1. The lowest BCUT2D eigenvalue weighted by Gasteiger charge is -2.39. The van der Waals surface area contributed by atoms with Gasteiger partial charge in [-0.1, -0.05) is 6.07 Å². The van der Waals surface area contributed by atoms with Gasteiger partial charge in [-0.05, 0) is 56.4 Å². The summed E-state index contributed by atoms with van der Waals surface area (Å²) in [5.74, 6) is 0.526. The van der Waals surface area contributed by atoms with E-state index in [1.54, 1.807) is 19.3 Å². The SMILES string of the molecule is CCOC(=O)/C=C/c1ccc2ncnc(N[C@H]3CC[C@H](N4CCOCC4)CC3)c2c1. The quantitative estimate of drug-likeness (QED) is 0.579. The van der Waals surface area contributed by atoms with Crippen molar-refractivity contribution in [3.05, 3.63) is 36.2 Å². The first-order chi connectivity index (χ1) is 14.7. The molecule has 1 aromatic carbocycles. The maximum Gasteiger partial charge on any atom is 0.330 e. The van der Waals surface area contributed by atoms with Gasteiger partial charge in [0, 0.05) is 36.6 Å². The molecule has 2 aliphatic rings. The normalized spacial score (nSPS) is 23.0. The van der Waals surface area contributed by atoms with Crippen LogP contribution in [-0.2, 0) is 14.3 Å². The predicted molar refractivity (Wildman–Crippen MR) is 117 cm³/mol. The molecule has 2 aromatic rings. The Balaban J connectivity index is 1.42. The van der Waals surface area contributed by atoms with Gasteiger partial charge in [0.1, 0.15) is 12.1 Å². The van der Waals surface area contributed by atoms with Crippen molar-refractivity contribution in [2.45, 2.75) is 44.7 Å². The number of fused-ring (bicyclic) bond motifs is 1. The fraction of sp³-hybridized carbons (Fsp3) is 0.522. The predicted octanol–water partition coefficient (Wildman–Crippen LogP) is 3.26. The number of ether oxygens (including phenoxy) is 2. The molecule has 0 atom stereocenters. The summed E-state index contributed by atoms with van der Waals surface area (Å²) in [6.07, 6.45) is 9.50. The van der Waals surface area contributed by atoms with Crippen LogP contribution in [0.15, 0.2) is 30.6 Å². The van der Waals surface area contributed by atoms with Crippen LogP contribution in [-0.4, -0.2) is 65.8 Å². The molecule has 0 unspecified atom stereocenters. The number of benzene rings is 1. The zero-order valence-corrected chi connectivity index (χ0v) is 17.5. The van der Waals surface area contributed by atoms with Gasteiger partial charge in [-0.25, -0.2) is 14.8 Å². The highest BCUT2D eigenvalue weighted by atomic mass is 16.5. The first-order valence-corrected chi connectivity index (χ1v) is 10.9. The third kappa shape index (κ3) is 5.15. The number of hydrogen-bond donors (Lipinski definition) is 1. The van der Waals surface area contributed by atoms with Crippen molar-refractivity contribution >= 4 is 28.8 Å². The Morgan fingerprint density at radius 1 is 1.23 bits per heavy atom. The van der Waals surface area contributed by atoms with Crippen LogP contribution >= 0.6 is 0 Å². The Hall–Kier alpha value is -2.51. The molecule has 0 bridgehead atoms. The van der Waals surface area contributed by atoms with E-state index in [2.05, 4.69) is 20.2 Å². The smallest absolute Gasteiger partial charge is 0.330 e. The van der Waals surface area contributed by atoms with Crippen LogP contribution in [0.25, 0.3) is 17.0 Å². The van der Waals surface area contributed by atoms with Crippen LogP contribution in [0.1, 0.15) is 38.2 Å². The molecule has 0 spiro atoms. The average Bonchev–Trinajstić information content (AvgIpc) is 2.79. The number of anilines is 1. The highest BCUT2D eigenvalue weighted by molar-refractivity contribution is 5.92. The van der Waals surface area contributed by atoms with E-state index in [0.717, 1.165) is 61.4 Å². The van der Waals surface area contributed by atoms with E-state index in [1.165, 1.54) is 18.9 Å². The van der Waals surface area contributed by atoms with E-state index in [1.807, 2.05) is 18.2 Å². The molecule has 4 rings (SSSR count). The van der Waals surface area contributed by atoms with Gasteiger partial charge in [-0.2, -0.15) is 0 Å². The number of rotatable bonds is 6. The lowest BCUT2D eigenvalue weighted by Crippen LogP contribution is -2.46. The Labute approximate surface area is 177 Å². The maximum atomic E-state index is 11.6. The number of esters is 1. The van der Waals surface area contributed by atoms with Gasteiger partial charge in [-0.3, -0.25) is 4.90 Å². The molecular weight excluding hydrogens is 380 g/mol. The first-order valence-electron chi connectivity index (χ1n) is 10.9. The molecule has 30 heavy (non-hydrogen) atoms. The fourth-order valence-electron chi connectivity index (χ4n) is 4.37. The number of carbonyl (C=O) groups excluding carboxylic acids is 1. The van der Waals surface area contributed by atoms with Gasteiger partial charge in [0.15, 0.2) is 0 Å². The summed E-state index contributed by atoms with van der Waals surface area (Å²) in [7, 11) is 0. The summed E-state index contributed by atoms with van der Waals surface area (Å²) < 4.78 is 10.4. The van der Waals surface area contributed by atoms with Gasteiger partial charge in [0.25, 0.3) is 0 Å². The van der Waals surface area contributed by atoms with E-state index in [4.69, 9.17) is 9.47 Å². The molecule has 1 saturated heterocycles. The number of nitrogens with zero attached hydrogens (tertiary/aromatic N) is 3. The summed E-state index contributed by atoms with van der Waals surface area (Å²) in [4.78, 5) is 23.1. The van der Waals surface area contributed by atoms with Crippen molar-refractivity contribution in [1.29, 1.82) is 0 Å². The number of nitrogens with one attached hydrogen (secondary N) is 1. The van der Waals surface area contributed by atoms with Crippen LogP contribution in [0.2, 0.25) is 0 Å².